The van der Waals surface area contributed by atoms with Gasteiger partial charge >= 0.3 is 18.3 Å². The first kappa shape index (κ1) is 41.7. The molecular formula is C48H56N4O6. The van der Waals surface area contributed by atoms with Crippen molar-refractivity contribution in [3.05, 3.63) is 115 Å². The number of hydrogen-bond acceptors (Lipinski definition) is 7. The van der Waals surface area contributed by atoms with E-state index in [1.54, 1.807) is 4.90 Å². The van der Waals surface area contributed by atoms with Crippen LogP contribution in [0.5, 0.6) is 0 Å². The lowest BCUT2D eigenvalue weighted by Crippen LogP contribution is -2.35. The maximum atomic E-state index is 12.6. The molecule has 0 saturated carbocycles. The van der Waals surface area contributed by atoms with Gasteiger partial charge in [-0.1, -0.05) is 91.0 Å². The second-order valence-corrected chi connectivity index (χ2v) is 16.7. The molecule has 1 aromatic heterocycles. The van der Waals surface area contributed by atoms with Crippen molar-refractivity contribution >= 4 is 50.9 Å². The first-order chi connectivity index (χ1) is 27.8. The van der Waals surface area contributed by atoms with Crippen molar-refractivity contribution in [2.45, 2.75) is 91.5 Å². The topological polar surface area (TPSA) is 103 Å². The third kappa shape index (κ3) is 10.9. The number of para-hydroxylation sites is 2. The number of likely N-dealkylation sites (tertiary alicyclic amines) is 2. The number of benzene rings is 5. The lowest BCUT2D eigenvalue weighted by molar-refractivity contribution is 0.0294. The second-order valence-electron chi connectivity index (χ2n) is 16.7. The molecule has 2 saturated heterocycles. The fourth-order valence-electron chi connectivity index (χ4n) is 7.09. The van der Waals surface area contributed by atoms with Gasteiger partial charge in [-0.2, -0.15) is 0 Å². The van der Waals surface area contributed by atoms with Gasteiger partial charge < -0.3 is 24.0 Å². The third-order valence-corrected chi connectivity index (χ3v) is 9.76. The number of hydrogen-bond donors (Lipinski definition) is 0. The molecule has 0 unspecified atom stereocenters. The maximum Gasteiger partial charge on any atom is 0.420 e. The first-order valence-electron chi connectivity index (χ1n) is 20.3. The molecule has 0 radical (unpaired) electrons. The summed E-state index contributed by atoms with van der Waals surface area (Å²) in [7, 11) is 0. The van der Waals surface area contributed by atoms with Gasteiger partial charge in [-0.25, -0.2) is 23.9 Å². The van der Waals surface area contributed by atoms with Crippen molar-refractivity contribution in [1.29, 1.82) is 0 Å². The molecule has 2 amide bonds. The number of carbonyl (C=O) groups excluding carboxylic acids is 3. The molecule has 0 atom stereocenters. The van der Waals surface area contributed by atoms with E-state index in [1.165, 1.54) is 21.8 Å². The standard InChI is InChI=1S/C21H21NO2.C18H18N2O2.C9H17NO2/c23-21(22-12-6-1-7-13-22)24-15-20-18-10-4-2-8-16(18)14-17-9-3-5-11-19(17)20;1-18(2,3)22-17(21)20-15-12-8-7-11-14(15)19-16(20)13-9-5-4-6-10-13;1-9(2,3)12-8(11)10-6-4-5-7-10/h2-5,8-11,14H,1,6-7,12-13,15H2;4-12H,1-3H3;4-7H2,1-3H3. The summed E-state index contributed by atoms with van der Waals surface area (Å²) in [6.07, 6.45) is 4.81. The lowest BCUT2D eigenvalue weighted by Gasteiger charge is -2.26. The summed E-state index contributed by atoms with van der Waals surface area (Å²) in [5, 5.41) is 4.67. The van der Waals surface area contributed by atoms with E-state index in [4.69, 9.17) is 14.2 Å². The summed E-state index contributed by atoms with van der Waals surface area (Å²) in [5.41, 5.74) is 2.57. The van der Waals surface area contributed by atoms with E-state index in [-0.39, 0.29) is 17.8 Å². The lowest BCUT2D eigenvalue weighted by atomic mass is 9.97. The van der Waals surface area contributed by atoms with E-state index in [1.807, 2.05) is 125 Å². The fourth-order valence-corrected chi connectivity index (χ4v) is 7.09. The number of rotatable bonds is 3. The first-order valence-corrected chi connectivity index (χ1v) is 20.3. The van der Waals surface area contributed by atoms with Crippen molar-refractivity contribution in [3.8, 4) is 11.4 Å². The third-order valence-electron chi connectivity index (χ3n) is 9.76. The van der Waals surface area contributed by atoms with Crippen molar-refractivity contribution in [1.82, 2.24) is 19.4 Å². The summed E-state index contributed by atoms with van der Waals surface area (Å²) in [6, 6.07) is 36.0. The molecule has 0 aliphatic carbocycles. The molecule has 304 valence electrons. The Hall–Kier alpha value is -5.90. The zero-order chi connectivity index (χ0) is 41.3. The molecule has 0 bridgehead atoms. The van der Waals surface area contributed by atoms with Gasteiger partial charge in [-0.05, 0) is 113 Å². The number of fused-ring (bicyclic) bond motifs is 3. The largest absolute Gasteiger partial charge is 0.444 e. The van der Waals surface area contributed by atoms with Crippen LogP contribution in [0.2, 0.25) is 0 Å². The molecule has 6 aromatic rings. The van der Waals surface area contributed by atoms with Crippen LogP contribution >= 0.6 is 0 Å². The van der Waals surface area contributed by atoms with E-state index in [0.29, 0.717) is 12.4 Å². The van der Waals surface area contributed by atoms with Gasteiger partial charge in [0.25, 0.3) is 0 Å². The van der Waals surface area contributed by atoms with Gasteiger partial charge in [-0.3, -0.25) is 0 Å². The Morgan fingerprint density at radius 1 is 0.569 bits per heavy atom. The highest BCUT2D eigenvalue weighted by Gasteiger charge is 2.25. The zero-order valence-electron chi connectivity index (χ0n) is 34.7. The van der Waals surface area contributed by atoms with Crippen LogP contribution in [0.3, 0.4) is 0 Å². The summed E-state index contributed by atoms with van der Waals surface area (Å²) in [5.74, 6) is 0.594. The van der Waals surface area contributed by atoms with Crippen LogP contribution in [0.25, 0.3) is 44.0 Å². The molecular weight excluding hydrogens is 729 g/mol. The molecule has 2 aliphatic rings. The summed E-state index contributed by atoms with van der Waals surface area (Å²) in [4.78, 5) is 44.5. The Kier molecular flexibility index (Phi) is 13.4. The zero-order valence-corrected chi connectivity index (χ0v) is 34.7. The molecule has 0 spiro atoms. The van der Waals surface area contributed by atoms with Crippen molar-refractivity contribution < 1.29 is 28.6 Å². The monoisotopic (exact) mass is 784 g/mol. The average Bonchev–Trinajstić information content (AvgIpc) is 3.89. The number of carbonyl (C=O) groups is 3. The van der Waals surface area contributed by atoms with Crippen LogP contribution in [0.4, 0.5) is 14.4 Å². The minimum atomic E-state index is -0.559. The summed E-state index contributed by atoms with van der Waals surface area (Å²) in [6.45, 7) is 14.9. The van der Waals surface area contributed by atoms with E-state index in [2.05, 4.69) is 35.3 Å². The smallest absolute Gasteiger partial charge is 0.420 e. The maximum absolute atomic E-state index is 12.6. The van der Waals surface area contributed by atoms with E-state index < -0.39 is 11.7 Å². The Balaban J connectivity index is 0.000000155. The SMILES string of the molecule is CC(C)(C)OC(=O)N1CCCC1.CC(C)(C)OC(=O)n1c(-c2ccccc2)nc2ccccc21.O=C(OCc1c2ccccc2cc2ccccc12)N1CCCCC1. The van der Waals surface area contributed by atoms with Gasteiger partial charge in [-0.15, -0.1) is 0 Å². The summed E-state index contributed by atoms with van der Waals surface area (Å²) >= 11 is 0. The van der Waals surface area contributed by atoms with Gasteiger partial charge in [0.2, 0.25) is 0 Å². The van der Waals surface area contributed by atoms with Crippen LogP contribution in [0.15, 0.2) is 109 Å². The summed E-state index contributed by atoms with van der Waals surface area (Å²) < 4.78 is 18.0. The normalized spacial score (nSPS) is 14.3. The number of ether oxygens (including phenoxy) is 3. The minimum absolute atomic E-state index is 0.167. The van der Waals surface area contributed by atoms with Crippen LogP contribution in [0, 0.1) is 0 Å². The van der Waals surface area contributed by atoms with E-state index in [9.17, 15) is 14.4 Å². The van der Waals surface area contributed by atoms with Crippen molar-refractivity contribution in [2.75, 3.05) is 26.2 Å². The van der Waals surface area contributed by atoms with E-state index in [0.717, 1.165) is 84.8 Å². The van der Waals surface area contributed by atoms with Crippen LogP contribution < -0.4 is 0 Å². The van der Waals surface area contributed by atoms with Gasteiger partial charge in [0.1, 0.15) is 17.8 Å². The molecule has 5 aromatic carbocycles. The highest BCUT2D eigenvalue weighted by molar-refractivity contribution is 6.02. The van der Waals surface area contributed by atoms with Gasteiger partial charge in [0, 0.05) is 37.3 Å². The average molecular weight is 785 g/mol. The predicted octanol–water partition coefficient (Wildman–Crippen LogP) is 11.6. The molecule has 10 heteroatoms. The fraction of sp³-hybridized carbons (Fsp3) is 0.375. The molecule has 0 N–H and O–H groups in total. The number of amides is 2. The highest BCUT2D eigenvalue weighted by atomic mass is 16.6. The Bertz CT molecular complexity index is 2270. The van der Waals surface area contributed by atoms with Gasteiger partial charge in [0.05, 0.1) is 11.0 Å². The molecule has 8 rings (SSSR count). The Morgan fingerprint density at radius 2 is 1.05 bits per heavy atom. The second kappa shape index (κ2) is 18.6. The van der Waals surface area contributed by atoms with Crippen LogP contribution in [0.1, 0.15) is 79.2 Å². The molecule has 58 heavy (non-hydrogen) atoms. The minimum Gasteiger partial charge on any atom is -0.444 e. The van der Waals surface area contributed by atoms with Gasteiger partial charge in [0.15, 0.2) is 5.82 Å². The molecule has 3 heterocycles. The highest BCUT2D eigenvalue weighted by Crippen LogP contribution is 2.30. The number of aromatic nitrogens is 2. The molecule has 2 aliphatic heterocycles. The van der Waals surface area contributed by atoms with Crippen LogP contribution in [-0.4, -0.2) is 75.0 Å². The number of imidazole rings is 1. The van der Waals surface area contributed by atoms with Crippen molar-refractivity contribution in [2.24, 2.45) is 0 Å². The predicted molar refractivity (Wildman–Crippen MR) is 231 cm³/mol. The number of piperidine rings is 1. The molecule has 10 nitrogen and oxygen atoms in total. The van der Waals surface area contributed by atoms with E-state index >= 15 is 0 Å². The Morgan fingerprint density at radius 3 is 1.64 bits per heavy atom. The Labute approximate surface area is 341 Å². The molecule has 2 fully saturated rings. The van der Waals surface area contributed by atoms with Crippen molar-refractivity contribution in [3.63, 3.8) is 0 Å². The quantitative estimate of drug-likeness (QED) is 0.130. The number of nitrogens with zero attached hydrogens (tertiary/aromatic N) is 4. The van der Waals surface area contributed by atoms with Crippen LogP contribution in [-0.2, 0) is 20.8 Å².